The van der Waals surface area contributed by atoms with Crippen LogP contribution in [0.1, 0.15) is 12.0 Å². The predicted octanol–water partition coefficient (Wildman–Crippen LogP) is 0.683. The normalized spacial score (nSPS) is 12.5. The minimum Gasteiger partial charge on any atom is -0.454 e. The highest BCUT2D eigenvalue weighted by atomic mass is 16.7. The number of carbonyl (C=O) groups excluding carboxylic acids is 1. The second-order valence-corrected chi connectivity index (χ2v) is 4.17. The Morgan fingerprint density at radius 2 is 2.17 bits per heavy atom. The van der Waals surface area contributed by atoms with Crippen molar-refractivity contribution in [1.29, 1.82) is 0 Å². The van der Waals surface area contributed by atoms with Gasteiger partial charge in [-0.2, -0.15) is 0 Å². The molecule has 1 aliphatic heterocycles. The third kappa shape index (κ3) is 3.37. The summed E-state index contributed by atoms with van der Waals surface area (Å²) in [5.41, 5.74) is 1.20. The van der Waals surface area contributed by atoms with Crippen LogP contribution in [0.5, 0.6) is 11.5 Å². The fourth-order valence-corrected chi connectivity index (χ4v) is 1.84. The fourth-order valence-electron chi connectivity index (χ4n) is 1.84. The number of likely N-dealkylation sites (N-methyl/N-ethyl adjacent to an activating group) is 1. The second-order valence-electron chi connectivity index (χ2n) is 4.17. The number of benzene rings is 1. The highest BCUT2D eigenvalue weighted by Crippen LogP contribution is 2.32. The molecule has 0 radical (unpaired) electrons. The molecule has 0 aliphatic carbocycles. The molecule has 5 heteroatoms. The molecule has 0 aromatic heterocycles. The molecule has 0 saturated carbocycles. The number of hydrogen-bond acceptors (Lipinski definition) is 4. The molecule has 0 saturated heterocycles. The highest BCUT2D eigenvalue weighted by molar-refractivity contribution is 5.77. The largest absolute Gasteiger partial charge is 0.454 e. The lowest BCUT2D eigenvalue weighted by atomic mass is 10.1. The van der Waals surface area contributed by atoms with Crippen LogP contribution >= 0.6 is 0 Å². The molecular formula is C13H18N2O3. The van der Waals surface area contributed by atoms with E-state index < -0.39 is 0 Å². The molecule has 1 aromatic rings. The first-order chi connectivity index (χ1) is 8.79. The molecule has 5 nitrogen and oxygen atoms in total. The molecule has 1 aliphatic rings. The van der Waals surface area contributed by atoms with Gasteiger partial charge in [-0.15, -0.1) is 0 Å². The third-order valence-corrected chi connectivity index (χ3v) is 2.74. The Morgan fingerprint density at radius 3 is 3.00 bits per heavy atom. The fraction of sp³-hybridized carbons (Fsp3) is 0.462. The number of nitrogens with one attached hydrogen (secondary N) is 2. The summed E-state index contributed by atoms with van der Waals surface area (Å²) in [5, 5.41) is 5.66. The Morgan fingerprint density at radius 1 is 1.33 bits per heavy atom. The molecule has 2 rings (SSSR count). The lowest BCUT2D eigenvalue weighted by molar-refractivity contribution is -0.120. The highest BCUT2D eigenvalue weighted by Gasteiger charge is 2.12. The quantitative estimate of drug-likeness (QED) is 0.729. The molecule has 0 atom stereocenters. The van der Waals surface area contributed by atoms with E-state index in [4.69, 9.17) is 9.47 Å². The molecule has 1 aromatic carbocycles. The Hall–Kier alpha value is -1.75. The van der Waals surface area contributed by atoms with E-state index >= 15 is 0 Å². The summed E-state index contributed by atoms with van der Waals surface area (Å²) in [6.07, 6.45) is 1.82. The first-order valence-electron chi connectivity index (χ1n) is 6.09. The summed E-state index contributed by atoms with van der Waals surface area (Å²) >= 11 is 0. The van der Waals surface area contributed by atoms with E-state index in [2.05, 4.69) is 10.6 Å². The van der Waals surface area contributed by atoms with Gasteiger partial charge in [0.05, 0.1) is 6.54 Å². The number of amides is 1. The maximum absolute atomic E-state index is 11.2. The molecule has 2 N–H and O–H groups in total. The predicted molar refractivity (Wildman–Crippen MR) is 67.8 cm³/mol. The van der Waals surface area contributed by atoms with Crippen molar-refractivity contribution in [2.75, 3.05) is 26.9 Å². The first-order valence-corrected chi connectivity index (χ1v) is 6.09. The smallest absolute Gasteiger partial charge is 0.233 e. The van der Waals surface area contributed by atoms with Gasteiger partial charge in [0.2, 0.25) is 12.7 Å². The Balaban J connectivity index is 1.72. The van der Waals surface area contributed by atoms with Crippen LogP contribution in [0.2, 0.25) is 0 Å². The average molecular weight is 250 g/mol. The molecule has 0 bridgehead atoms. The van der Waals surface area contributed by atoms with Gasteiger partial charge in [0.1, 0.15) is 0 Å². The van der Waals surface area contributed by atoms with Crippen LogP contribution in [-0.2, 0) is 11.2 Å². The minimum atomic E-state index is 0.0307. The summed E-state index contributed by atoms with van der Waals surface area (Å²) in [5.74, 6) is 1.65. The van der Waals surface area contributed by atoms with Gasteiger partial charge in [-0.25, -0.2) is 0 Å². The molecule has 1 amide bonds. The van der Waals surface area contributed by atoms with E-state index in [9.17, 15) is 4.79 Å². The number of hydrogen-bond donors (Lipinski definition) is 2. The van der Waals surface area contributed by atoms with Gasteiger partial charge < -0.3 is 20.1 Å². The van der Waals surface area contributed by atoms with Crippen LogP contribution in [0.4, 0.5) is 0 Å². The summed E-state index contributed by atoms with van der Waals surface area (Å²) in [6, 6.07) is 5.96. The zero-order chi connectivity index (χ0) is 12.8. The van der Waals surface area contributed by atoms with Crippen LogP contribution < -0.4 is 20.1 Å². The average Bonchev–Trinajstić information content (AvgIpc) is 2.82. The van der Waals surface area contributed by atoms with Gasteiger partial charge in [0.25, 0.3) is 0 Å². The van der Waals surface area contributed by atoms with Crippen LogP contribution in [0.3, 0.4) is 0 Å². The van der Waals surface area contributed by atoms with E-state index in [1.807, 2.05) is 18.2 Å². The van der Waals surface area contributed by atoms with Crippen molar-refractivity contribution in [3.8, 4) is 11.5 Å². The standard InChI is InChI=1S/C13H18N2O3/c1-14-8-13(16)15-6-2-3-10-4-5-11-12(7-10)18-9-17-11/h4-5,7,14H,2-3,6,8-9H2,1H3,(H,15,16). The number of aryl methyl sites for hydroxylation is 1. The van der Waals surface area contributed by atoms with E-state index in [1.165, 1.54) is 5.56 Å². The molecule has 0 fully saturated rings. The van der Waals surface area contributed by atoms with E-state index in [1.54, 1.807) is 7.05 Å². The molecule has 0 spiro atoms. The monoisotopic (exact) mass is 250 g/mol. The Labute approximate surface area is 106 Å². The summed E-state index contributed by atoms with van der Waals surface area (Å²) in [6.45, 7) is 1.36. The number of fused-ring (bicyclic) bond motifs is 1. The van der Waals surface area contributed by atoms with Crippen LogP contribution in [0.15, 0.2) is 18.2 Å². The van der Waals surface area contributed by atoms with Crippen molar-refractivity contribution in [2.24, 2.45) is 0 Å². The SMILES string of the molecule is CNCC(=O)NCCCc1ccc2c(c1)OCO2. The van der Waals surface area contributed by atoms with Crippen molar-refractivity contribution >= 4 is 5.91 Å². The van der Waals surface area contributed by atoms with E-state index in [0.29, 0.717) is 19.9 Å². The van der Waals surface area contributed by atoms with Gasteiger partial charge in [0.15, 0.2) is 11.5 Å². The van der Waals surface area contributed by atoms with Crippen LogP contribution in [0.25, 0.3) is 0 Å². The van der Waals surface area contributed by atoms with Gasteiger partial charge >= 0.3 is 0 Å². The lowest BCUT2D eigenvalue weighted by Crippen LogP contribution is -2.32. The summed E-state index contributed by atoms with van der Waals surface area (Å²) in [4.78, 5) is 11.2. The van der Waals surface area contributed by atoms with E-state index in [-0.39, 0.29) is 5.91 Å². The molecule has 0 unspecified atom stereocenters. The van der Waals surface area contributed by atoms with Gasteiger partial charge in [-0.1, -0.05) is 6.07 Å². The summed E-state index contributed by atoms with van der Waals surface area (Å²) in [7, 11) is 1.76. The number of rotatable bonds is 6. The van der Waals surface area contributed by atoms with Gasteiger partial charge in [-0.3, -0.25) is 4.79 Å². The maximum Gasteiger partial charge on any atom is 0.233 e. The van der Waals surface area contributed by atoms with Crippen LogP contribution in [0, 0.1) is 0 Å². The molecular weight excluding hydrogens is 232 g/mol. The van der Waals surface area contributed by atoms with Crippen molar-refractivity contribution in [1.82, 2.24) is 10.6 Å². The zero-order valence-corrected chi connectivity index (χ0v) is 10.5. The first kappa shape index (κ1) is 12.7. The third-order valence-electron chi connectivity index (χ3n) is 2.74. The maximum atomic E-state index is 11.2. The summed E-state index contributed by atoms with van der Waals surface area (Å²) < 4.78 is 10.6. The molecule has 98 valence electrons. The van der Waals surface area contributed by atoms with Gasteiger partial charge in [-0.05, 0) is 37.6 Å². The Kier molecular flexibility index (Phi) is 4.41. The minimum absolute atomic E-state index is 0.0307. The second kappa shape index (κ2) is 6.26. The van der Waals surface area contributed by atoms with Crippen molar-refractivity contribution < 1.29 is 14.3 Å². The van der Waals surface area contributed by atoms with Crippen molar-refractivity contribution in [3.63, 3.8) is 0 Å². The van der Waals surface area contributed by atoms with Crippen LogP contribution in [-0.4, -0.2) is 32.8 Å². The lowest BCUT2D eigenvalue weighted by Gasteiger charge is -2.05. The Bertz CT molecular complexity index is 421. The van der Waals surface area contributed by atoms with E-state index in [0.717, 1.165) is 24.3 Å². The van der Waals surface area contributed by atoms with Crippen molar-refractivity contribution in [3.05, 3.63) is 23.8 Å². The molecule has 1 heterocycles. The number of carbonyl (C=O) groups is 1. The molecule has 18 heavy (non-hydrogen) atoms. The number of ether oxygens (including phenoxy) is 2. The topological polar surface area (TPSA) is 59.6 Å². The zero-order valence-electron chi connectivity index (χ0n) is 10.5. The van der Waals surface area contributed by atoms with Crippen molar-refractivity contribution in [2.45, 2.75) is 12.8 Å². The van der Waals surface area contributed by atoms with Gasteiger partial charge in [0, 0.05) is 6.54 Å².